The van der Waals surface area contributed by atoms with Crippen molar-refractivity contribution < 1.29 is 9.53 Å². The minimum absolute atomic E-state index is 0.0103. The topological polar surface area (TPSA) is 26.3 Å². The van der Waals surface area contributed by atoms with Gasteiger partial charge in [0.05, 0.1) is 0 Å². The molecule has 0 spiro atoms. The van der Waals surface area contributed by atoms with Crippen LogP contribution in [-0.4, -0.2) is 12.1 Å². The Hall–Kier alpha value is -0.530. The fourth-order valence-corrected chi connectivity index (χ4v) is 3.28. The maximum Gasteiger partial charge on any atom is 0.306 e. The average molecular weight is 196 g/mol. The SMILES string of the molecule is CC1CC(C)(C)CC2OC(=O)CCC12. The van der Waals surface area contributed by atoms with Crippen LogP contribution in [0.1, 0.15) is 46.5 Å². The van der Waals surface area contributed by atoms with Crippen LogP contribution in [0.3, 0.4) is 0 Å². The van der Waals surface area contributed by atoms with Crippen LogP contribution in [0.25, 0.3) is 0 Å². The predicted molar refractivity (Wildman–Crippen MR) is 54.8 cm³/mol. The first kappa shape index (κ1) is 10.0. The van der Waals surface area contributed by atoms with Crippen LogP contribution in [0.5, 0.6) is 0 Å². The maximum atomic E-state index is 11.2. The number of carbonyl (C=O) groups excluding carboxylic acids is 1. The van der Waals surface area contributed by atoms with Gasteiger partial charge in [-0.15, -0.1) is 0 Å². The lowest BCUT2D eigenvalue weighted by Crippen LogP contribution is -2.44. The third-order valence-electron chi connectivity index (χ3n) is 3.80. The summed E-state index contributed by atoms with van der Waals surface area (Å²) in [6.45, 7) is 6.86. The van der Waals surface area contributed by atoms with Crippen molar-refractivity contribution in [3.8, 4) is 0 Å². The largest absolute Gasteiger partial charge is 0.462 e. The molecular formula is C12H20O2. The number of rotatable bonds is 0. The Morgan fingerprint density at radius 2 is 2.07 bits per heavy atom. The molecule has 1 saturated carbocycles. The molecule has 1 aliphatic heterocycles. The molecule has 3 unspecified atom stereocenters. The van der Waals surface area contributed by atoms with Crippen molar-refractivity contribution >= 4 is 5.97 Å². The average Bonchev–Trinajstić information content (AvgIpc) is 2.00. The second-order valence-electron chi connectivity index (χ2n) is 5.78. The van der Waals surface area contributed by atoms with E-state index >= 15 is 0 Å². The molecular weight excluding hydrogens is 176 g/mol. The molecule has 0 aromatic heterocycles. The van der Waals surface area contributed by atoms with Gasteiger partial charge in [-0.3, -0.25) is 4.79 Å². The van der Waals surface area contributed by atoms with E-state index in [1.165, 1.54) is 6.42 Å². The molecule has 2 nitrogen and oxygen atoms in total. The molecule has 0 N–H and O–H groups in total. The van der Waals surface area contributed by atoms with Gasteiger partial charge in [-0.25, -0.2) is 0 Å². The summed E-state index contributed by atoms with van der Waals surface area (Å²) in [6, 6.07) is 0. The Kier molecular flexibility index (Phi) is 2.32. The first-order valence-electron chi connectivity index (χ1n) is 5.67. The third-order valence-corrected chi connectivity index (χ3v) is 3.80. The number of ether oxygens (including phenoxy) is 1. The molecule has 1 heterocycles. The molecule has 2 aliphatic rings. The number of carbonyl (C=O) groups is 1. The van der Waals surface area contributed by atoms with Crippen LogP contribution >= 0.6 is 0 Å². The second kappa shape index (κ2) is 3.25. The van der Waals surface area contributed by atoms with E-state index < -0.39 is 0 Å². The summed E-state index contributed by atoms with van der Waals surface area (Å²) in [5.41, 5.74) is 0.345. The van der Waals surface area contributed by atoms with E-state index in [1.54, 1.807) is 0 Å². The lowest BCUT2D eigenvalue weighted by molar-refractivity contribution is -0.167. The lowest BCUT2D eigenvalue weighted by atomic mass is 9.64. The highest BCUT2D eigenvalue weighted by molar-refractivity contribution is 5.70. The summed E-state index contributed by atoms with van der Waals surface area (Å²) in [6.07, 6.45) is 4.20. The minimum Gasteiger partial charge on any atom is -0.462 e. The zero-order chi connectivity index (χ0) is 10.3. The Labute approximate surface area is 86.0 Å². The summed E-state index contributed by atoms with van der Waals surface area (Å²) in [5, 5.41) is 0. The van der Waals surface area contributed by atoms with Crippen molar-refractivity contribution in [1.29, 1.82) is 0 Å². The number of hydrogen-bond donors (Lipinski definition) is 0. The zero-order valence-electron chi connectivity index (χ0n) is 9.38. The zero-order valence-corrected chi connectivity index (χ0v) is 9.38. The monoisotopic (exact) mass is 196 g/mol. The summed E-state index contributed by atoms with van der Waals surface area (Å²) >= 11 is 0. The van der Waals surface area contributed by atoms with Crippen LogP contribution < -0.4 is 0 Å². The van der Waals surface area contributed by atoms with E-state index in [4.69, 9.17) is 4.74 Å². The van der Waals surface area contributed by atoms with Gasteiger partial charge in [0.1, 0.15) is 6.10 Å². The van der Waals surface area contributed by atoms with E-state index in [-0.39, 0.29) is 12.1 Å². The first-order chi connectivity index (χ1) is 6.48. The molecule has 0 aromatic carbocycles. The van der Waals surface area contributed by atoms with E-state index in [9.17, 15) is 4.79 Å². The van der Waals surface area contributed by atoms with Gasteiger partial charge in [0.15, 0.2) is 0 Å². The Morgan fingerprint density at radius 1 is 1.36 bits per heavy atom. The smallest absolute Gasteiger partial charge is 0.306 e. The van der Waals surface area contributed by atoms with E-state index in [2.05, 4.69) is 20.8 Å². The van der Waals surface area contributed by atoms with Crippen LogP contribution in [0.4, 0.5) is 0 Å². The summed E-state index contributed by atoms with van der Waals surface area (Å²) in [7, 11) is 0. The van der Waals surface area contributed by atoms with Crippen molar-refractivity contribution in [2.75, 3.05) is 0 Å². The lowest BCUT2D eigenvalue weighted by Gasteiger charge is -2.46. The molecule has 2 rings (SSSR count). The highest BCUT2D eigenvalue weighted by Crippen LogP contribution is 2.46. The third kappa shape index (κ3) is 1.79. The van der Waals surface area contributed by atoms with Crippen LogP contribution in [0.15, 0.2) is 0 Å². The van der Waals surface area contributed by atoms with Gasteiger partial charge in [0.25, 0.3) is 0 Å². The van der Waals surface area contributed by atoms with Crippen molar-refractivity contribution in [3.05, 3.63) is 0 Å². The first-order valence-corrected chi connectivity index (χ1v) is 5.67. The summed E-state index contributed by atoms with van der Waals surface area (Å²) in [5.74, 6) is 1.34. The van der Waals surface area contributed by atoms with Gasteiger partial charge in [-0.05, 0) is 36.5 Å². The molecule has 0 radical (unpaired) electrons. The van der Waals surface area contributed by atoms with Crippen LogP contribution in [-0.2, 0) is 9.53 Å². The number of esters is 1. The standard InChI is InChI=1S/C12H20O2/c1-8-6-12(2,3)7-10-9(8)4-5-11(13)14-10/h8-10H,4-7H2,1-3H3. The molecule has 3 atom stereocenters. The maximum absolute atomic E-state index is 11.2. The van der Waals surface area contributed by atoms with E-state index in [1.807, 2.05) is 0 Å². The number of hydrogen-bond acceptors (Lipinski definition) is 2. The molecule has 2 heteroatoms. The van der Waals surface area contributed by atoms with Crippen molar-refractivity contribution in [2.45, 2.75) is 52.6 Å². The van der Waals surface area contributed by atoms with Gasteiger partial charge in [0, 0.05) is 6.42 Å². The van der Waals surface area contributed by atoms with Crippen LogP contribution in [0, 0.1) is 17.3 Å². The molecule has 0 bridgehead atoms. The van der Waals surface area contributed by atoms with Crippen LogP contribution in [0.2, 0.25) is 0 Å². The van der Waals surface area contributed by atoms with Crippen molar-refractivity contribution in [2.24, 2.45) is 17.3 Å². The highest BCUT2D eigenvalue weighted by atomic mass is 16.5. The summed E-state index contributed by atoms with van der Waals surface area (Å²) < 4.78 is 5.46. The fraction of sp³-hybridized carbons (Fsp3) is 0.917. The quantitative estimate of drug-likeness (QED) is 0.557. The van der Waals surface area contributed by atoms with E-state index in [0.717, 1.165) is 12.8 Å². The molecule has 1 aliphatic carbocycles. The Morgan fingerprint density at radius 3 is 2.79 bits per heavy atom. The molecule has 14 heavy (non-hydrogen) atoms. The van der Waals surface area contributed by atoms with E-state index in [0.29, 0.717) is 23.7 Å². The molecule has 2 fully saturated rings. The number of fused-ring (bicyclic) bond motifs is 1. The predicted octanol–water partition coefficient (Wildman–Crippen LogP) is 2.76. The second-order valence-corrected chi connectivity index (χ2v) is 5.78. The Bertz CT molecular complexity index is 245. The van der Waals surface area contributed by atoms with Gasteiger partial charge < -0.3 is 4.74 Å². The van der Waals surface area contributed by atoms with Gasteiger partial charge in [0.2, 0.25) is 0 Å². The van der Waals surface area contributed by atoms with Gasteiger partial charge in [-0.2, -0.15) is 0 Å². The van der Waals surface area contributed by atoms with Crippen molar-refractivity contribution in [1.82, 2.24) is 0 Å². The fourth-order valence-electron chi connectivity index (χ4n) is 3.28. The molecule has 80 valence electrons. The minimum atomic E-state index is 0.0103. The van der Waals surface area contributed by atoms with Crippen molar-refractivity contribution in [3.63, 3.8) is 0 Å². The normalized spacial score (nSPS) is 41.4. The van der Waals surface area contributed by atoms with Gasteiger partial charge in [-0.1, -0.05) is 20.8 Å². The molecule has 0 amide bonds. The van der Waals surface area contributed by atoms with Gasteiger partial charge >= 0.3 is 5.97 Å². The molecule has 0 aromatic rings. The highest BCUT2D eigenvalue weighted by Gasteiger charge is 2.43. The molecule has 1 saturated heterocycles. The summed E-state index contributed by atoms with van der Waals surface area (Å²) in [4.78, 5) is 11.2. The Balaban J connectivity index is 2.11.